The maximum atomic E-state index is 12.6. The van der Waals surface area contributed by atoms with Crippen LogP contribution in [0.2, 0.25) is 5.02 Å². The molecular formula is C23H21ClN2OS. The number of fused-ring (bicyclic) bond motifs is 1. The van der Waals surface area contributed by atoms with Crippen molar-refractivity contribution in [3.8, 4) is 6.07 Å². The number of carbonyl (C=O) groups is 1. The van der Waals surface area contributed by atoms with Gasteiger partial charge >= 0.3 is 0 Å². The van der Waals surface area contributed by atoms with Gasteiger partial charge in [-0.25, -0.2) is 4.98 Å². The zero-order chi connectivity index (χ0) is 19.5. The fraction of sp³-hybridized carbons (Fsp3) is 0.348. The third-order valence-electron chi connectivity index (χ3n) is 5.53. The quantitative estimate of drug-likeness (QED) is 0.351. The van der Waals surface area contributed by atoms with Crippen molar-refractivity contribution in [2.45, 2.75) is 49.5 Å². The van der Waals surface area contributed by atoms with Crippen molar-refractivity contribution in [3.63, 3.8) is 0 Å². The molecule has 0 unspecified atom stereocenters. The molecule has 0 aliphatic heterocycles. The van der Waals surface area contributed by atoms with Crippen LogP contribution in [-0.4, -0.2) is 16.5 Å². The molecule has 2 aliphatic rings. The van der Waals surface area contributed by atoms with E-state index in [1.807, 2.05) is 0 Å². The molecule has 2 aromatic rings. The Bertz CT molecular complexity index is 976. The highest BCUT2D eigenvalue weighted by atomic mass is 35.5. The second-order valence-corrected chi connectivity index (χ2v) is 8.70. The number of rotatable bonds is 5. The first-order valence-electron chi connectivity index (χ1n) is 9.69. The Morgan fingerprint density at radius 3 is 2.79 bits per heavy atom. The molecule has 0 N–H and O–H groups in total. The molecule has 142 valence electrons. The van der Waals surface area contributed by atoms with Crippen LogP contribution in [0.4, 0.5) is 0 Å². The van der Waals surface area contributed by atoms with Crippen LogP contribution in [0.3, 0.4) is 0 Å². The molecule has 1 aromatic carbocycles. The van der Waals surface area contributed by atoms with Crippen LogP contribution in [-0.2, 0) is 12.8 Å². The molecular weight excluding hydrogens is 388 g/mol. The average Bonchev–Trinajstić information content (AvgIpc) is 3.20. The summed E-state index contributed by atoms with van der Waals surface area (Å²) in [5.41, 5.74) is 4.95. The third kappa shape index (κ3) is 3.87. The lowest BCUT2D eigenvalue weighted by molar-refractivity contribution is 0.102. The van der Waals surface area contributed by atoms with Gasteiger partial charge in [0.25, 0.3) is 0 Å². The number of hydrogen-bond donors (Lipinski definition) is 0. The highest BCUT2D eigenvalue weighted by Gasteiger charge is 2.28. The normalized spacial score (nSPS) is 17.9. The van der Waals surface area contributed by atoms with Crippen LogP contribution < -0.4 is 0 Å². The van der Waals surface area contributed by atoms with E-state index < -0.39 is 0 Å². The number of nitriles is 1. The van der Waals surface area contributed by atoms with E-state index in [4.69, 9.17) is 16.6 Å². The number of benzene rings is 1. The van der Waals surface area contributed by atoms with Crippen molar-refractivity contribution in [2.75, 3.05) is 5.75 Å². The van der Waals surface area contributed by atoms with Gasteiger partial charge in [-0.1, -0.05) is 35.5 Å². The molecule has 2 aliphatic carbocycles. The van der Waals surface area contributed by atoms with E-state index in [-0.39, 0.29) is 11.5 Å². The Morgan fingerprint density at radius 1 is 1.25 bits per heavy atom. The molecule has 0 saturated heterocycles. The van der Waals surface area contributed by atoms with Gasteiger partial charge in [0.05, 0.1) is 11.3 Å². The van der Waals surface area contributed by atoms with Gasteiger partial charge in [0.1, 0.15) is 11.1 Å². The Hall–Kier alpha value is -2.09. The molecule has 5 heteroatoms. The number of carbonyl (C=O) groups excluding carboxylic acids is 1. The van der Waals surface area contributed by atoms with Crippen molar-refractivity contribution in [1.82, 2.24) is 4.98 Å². The Balaban J connectivity index is 1.63. The summed E-state index contributed by atoms with van der Waals surface area (Å²) in [7, 11) is 0. The van der Waals surface area contributed by atoms with Crippen molar-refractivity contribution < 1.29 is 4.79 Å². The number of pyridine rings is 1. The average molecular weight is 409 g/mol. The van der Waals surface area contributed by atoms with E-state index in [9.17, 15) is 10.1 Å². The molecule has 28 heavy (non-hydrogen) atoms. The van der Waals surface area contributed by atoms with Crippen LogP contribution in [0, 0.1) is 11.3 Å². The predicted molar refractivity (Wildman–Crippen MR) is 113 cm³/mol. The van der Waals surface area contributed by atoms with Gasteiger partial charge in [0.15, 0.2) is 5.78 Å². The monoisotopic (exact) mass is 408 g/mol. The van der Waals surface area contributed by atoms with Gasteiger partial charge in [0.2, 0.25) is 0 Å². The molecule has 3 nitrogen and oxygen atoms in total. The summed E-state index contributed by atoms with van der Waals surface area (Å²) in [6, 6.07) is 9.36. The largest absolute Gasteiger partial charge is 0.293 e. The number of ketones is 1. The number of aryl methyl sites for hydroxylation is 1. The van der Waals surface area contributed by atoms with Crippen molar-refractivity contribution in [1.29, 1.82) is 5.26 Å². The summed E-state index contributed by atoms with van der Waals surface area (Å²) in [5, 5.41) is 11.3. The molecule has 0 fully saturated rings. The van der Waals surface area contributed by atoms with E-state index in [0.717, 1.165) is 49.2 Å². The number of Topliss-reactive ketones (excluding diaryl/α,β-unsaturated/α-hetero) is 1. The van der Waals surface area contributed by atoms with E-state index in [1.54, 1.807) is 24.3 Å². The smallest absolute Gasteiger partial charge is 0.173 e. The van der Waals surface area contributed by atoms with E-state index >= 15 is 0 Å². The summed E-state index contributed by atoms with van der Waals surface area (Å²) in [5.74, 6) is 0.683. The fourth-order valence-corrected chi connectivity index (χ4v) is 5.19. The zero-order valence-electron chi connectivity index (χ0n) is 15.6. The van der Waals surface area contributed by atoms with E-state index in [0.29, 0.717) is 22.1 Å². The lowest BCUT2D eigenvalue weighted by Gasteiger charge is -2.23. The van der Waals surface area contributed by atoms with Crippen LogP contribution >= 0.6 is 23.4 Å². The molecule has 4 rings (SSSR count). The SMILES string of the molecule is N#Cc1c(SCC(=O)c2ccc(Cl)cc2)nc2c(c1[C@@H]1CC=CCC1)CCC2. The molecule has 1 heterocycles. The summed E-state index contributed by atoms with van der Waals surface area (Å²) in [4.78, 5) is 17.4. The van der Waals surface area contributed by atoms with Crippen LogP contribution in [0.5, 0.6) is 0 Å². The van der Waals surface area contributed by atoms with Gasteiger partial charge in [-0.2, -0.15) is 5.26 Å². The Labute approximate surface area is 174 Å². The molecule has 0 saturated carbocycles. The number of aromatic nitrogens is 1. The number of allylic oxidation sites excluding steroid dienone is 2. The lowest BCUT2D eigenvalue weighted by Crippen LogP contribution is -2.11. The van der Waals surface area contributed by atoms with E-state index in [1.165, 1.54) is 22.9 Å². The lowest BCUT2D eigenvalue weighted by atomic mass is 9.83. The summed E-state index contributed by atoms with van der Waals surface area (Å²) < 4.78 is 0. The number of halogens is 1. The van der Waals surface area contributed by atoms with E-state index in [2.05, 4.69) is 18.2 Å². The second-order valence-electron chi connectivity index (χ2n) is 7.30. The van der Waals surface area contributed by atoms with Gasteiger partial charge in [0, 0.05) is 16.3 Å². The minimum Gasteiger partial charge on any atom is -0.293 e. The highest BCUT2D eigenvalue weighted by Crippen LogP contribution is 2.40. The highest BCUT2D eigenvalue weighted by molar-refractivity contribution is 8.00. The van der Waals surface area contributed by atoms with Gasteiger partial charge in [-0.05, 0) is 79.8 Å². The Morgan fingerprint density at radius 2 is 2.07 bits per heavy atom. The van der Waals surface area contributed by atoms with Crippen molar-refractivity contribution in [2.24, 2.45) is 0 Å². The zero-order valence-corrected chi connectivity index (χ0v) is 17.2. The maximum absolute atomic E-state index is 12.6. The molecule has 1 atom stereocenters. The fourth-order valence-electron chi connectivity index (χ4n) is 4.16. The maximum Gasteiger partial charge on any atom is 0.173 e. The minimum absolute atomic E-state index is 0.0232. The van der Waals surface area contributed by atoms with Crippen LogP contribution in [0.1, 0.15) is 64.3 Å². The summed E-state index contributed by atoms with van der Waals surface area (Å²) in [6.45, 7) is 0. The van der Waals surface area contributed by atoms with Crippen molar-refractivity contribution in [3.05, 3.63) is 69.4 Å². The van der Waals surface area contributed by atoms with Crippen molar-refractivity contribution >= 4 is 29.1 Å². The predicted octanol–water partition coefficient (Wildman–Crippen LogP) is 5.89. The number of thioether (sulfide) groups is 1. The number of hydrogen-bond acceptors (Lipinski definition) is 4. The van der Waals surface area contributed by atoms with Gasteiger partial charge in [-0.3, -0.25) is 4.79 Å². The second kappa shape index (κ2) is 8.51. The molecule has 0 radical (unpaired) electrons. The molecule has 1 aromatic heterocycles. The van der Waals surface area contributed by atoms with Gasteiger partial charge < -0.3 is 0 Å². The first kappa shape index (κ1) is 19.2. The topological polar surface area (TPSA) is 53.8 Å². The Kier molecular flexibility index (Phi) is 5.85. The minimum atomic E-state index is 0.0232. The molecule has 0 bridgehead atoms. The standard InChI is InChI=1S/C23H21ClN2OS/c24-17-11-9-15(10-12-17)21(27)14-28-23-19(13-25)22(16-5-2-1-3-6-16)18-7-4-8-20(18)26-23/h1-2,9-12,16H,3-8,14H2/t16-/m1/s1. The first-order valence-corrected chi connectivity index (χ1v) is 11.1. The summed E-state index contributed by atoms with van der Waals surface area (Å²) in [6.07, 6.45) is 10.7. The third-order valence-corrected chi connectivity index (χ3v) is 6.76. The van der Waals surface area contributed by atoms with Gasteiger partial charge in [-0.15, -0.1) is 0 Å². The molecule has 0 spiro atoms. The van der Waals surface area contributed by atoms with Crippen LogP contribution in [0.15, 0.2) is 41.4 Å². The summed E-state index contributed by atoms with van der Waals surface area (Å²) >= 11 is 7.30. The number of nitrogens with zero attached hydrogens (tertiary/aromatic N) is 2. The van der Waals surface area contributed by atoms with Crippen LogP contribution in [0.25, 0.3) is 0 Å². The first-order chi connectivity index (χ1) is 13.7. The molecule has 0 amide bonds.